The molecular formula is C24H21NO5. The number of carbonyl (C=O) groups excluding carboxylic acids is 1. The third-order valence-electron chi connectivity index (χ3n) is 4.68. The van der Waals surface area contributed by atoms with E-state index in [2.05, 4.69) is 17.2 Å². The summed E-state index contributed by atoms with van der Waals surface area (Å²) in [4.78, 5) is 24.3. The number of hydrogen-bond acceptors (Lipinski definition) is 5. The Balaban J connectivity index is 1.32. The van der Waals surface area contributed by atoms with Crippen molar-refractivity contribution in [2.75, 3.05) is 13.2 Å². The van der Waals surface area contributed by atoms with Gasteiger partial charge in [-0.2, -0.15) is 0 Å². The molecule has 0 saturated carbocycles. The number of benzene rings is 2. The molecule has 0 radical (unpaired) electrons. The summed E-state index contributed by atoms with van der Waals surface area (Å²) in [5, 5.41) is 3.05. The number of hydrogen-bond donors (Lipinski definition) is 1. The number of ether oxygens (including phenoxy) is 2. The molecule has 0 fully saturated rings. The monoisotopic (exact) mass is 403 g/mol. The first-order valence-electron chi connectivity index (χ1n) is 9.63. The number of carbonyl (C=O) groups is 1. The van der Waals surface area contributed by atoms with Gasteiger partial charge in [0.25, 0.3) is 5.91 Å². The standard InChI is InChI=1S/C24H21NO5/c1-24(2)15-16-8-7-11-20(22(16)30-24)28-13-6-5-12-25-23(27)21-14-18(26)17-9-3-4-10-19(17)29-21/h3-4,7-11,14H,12-13,15H2,1-2H3,(H,25,27). The zero-order valence-electron chi connectivity index (χ0n) is 16.8. The second-order valence-corrected chi connectivity index (χ2v) is 7.58. The van der Waals surface area contributed by atoms with Gasteiger partial charge >= 0.3 is 0 Å². The summed E-state index contributed by atoms with van der Waals surface area (Å²) >= 11 is 0. The van der Waals surface area contributed by atoms with E-state index < -0.39 is 5.91 Å². The van der Waals surface area contributed by atoms with Crippen LogP contribution in [0.1, 0.15) is 30.0 Å². The van der Waals surface area contributed by atoms with Crippen LogP contribution in [0.4, 0.5) is 0 Å². The molecule has 1 aromatic heterocycles. The molecule has 1 N–H and O–H groups in total. The molecule has 1 aliphatic heterocycles. The lowest BCUT2D eigenvalue weighted by Gasteiger charge is -2.17. The molecule has 0 saturated heterocycles. The van der Waals surface area contributed by atoms with Crippen molar-refractivity contribution in [1.29, 1.82) is 0 Å². The van der Waals surface area contributed by atoms with Crippen LogP contribution in [0.3, 0.4) is 0 Å². The minimum absolute atomic E-state index is 0.0450. The van der Waals surface area contributed by atoms with Crippen molar-refractivity contribution in [2.45, 2.75) is 25.9 Å². The van der Waals surface area contributed by atoms with E-state index in [1.807, 2.05) is 32.0 Å². The fraction of sp³-hybridized carbons (Fsp3) is 0.250. The molecule has 1 amide bonds. The minimum atomic E-state index is -0.496. The van der Waals surface area contributed by atoms with E-state index in [9.17, 15) is 9.59 Å². The Morgan fingerprint density at radius 3 is 2.87 bits per heavy atom. The highest BCUT2D eigenvalue weighted by atomic mass is 16.5. The Morgan fingerprint density at radius 2 is 2.00 bits per heavy atom. The van der Waals surface area contributed by atoms with Gasteiger partial charge in [-0.25, -0.2) is 0 Å². The molecule has 0 unspecified atom stereocenters. The van der Waals surface area contributed by atoms with E-state index in [4.69, 9.17) is 13.9 Å². The average molecular weight is 403 g/mol. The topological polar surface area (TPSA) is 77.8 Å². The van der Waals surface area contributed by atoms with Gasteiger partial charge in [0.2, 0.25) is 0 Å². The zero-order valence-corrected chi connectivity index (χ0v) is 16.8. The fourth-order valence-electron chi connectivity index (χ4n) is 3.36. The van der Waals surface area contributed by atoms with Crippen LogP contribution >= 0.6 is 0 Å². The molecule has 6 nitrogen and oxygen atoms in total. The fourth-order valence-corrected chi connectivity index (χ4v) is 3.36. The van der Waals surface area contributed by atoms with Crippen molar-refractivity contribution < 1.29 is 18.7 Å². The van der Waals surface area contributed by atoms with Gasteiger partial charge in [0.15, 0.2) is 22.7 Å². The second kappa shape index (κ2) is 7.96. The number of nitrogens with one attached hydrogen (secondary N) is 1. The van der Waals surface area contributed by atoms with Gasteiger partial charge in [-0.15, -0.1) is 0 Å². The third kappa shape index (κ3) is 4.15. The molecule has 2 heterocycles. The Morgan fingerprint density at radius 1 is 1.17 bits per heavy atom. The van der Waals surface area contributed by atoms with Crippen LogP contribution in [0, 0.1) is 11.8 Å². The predicted molar refractivity (Wildman–Crippen MR) is 113 cm³/mol. The Kier molecular flexibility index (Phi) is 5.20. The predicted octanol–water partition coefficient (Wildman–Crippen LogP) is 3.32. The van der Waals surface area contributed by atoms with Crippen LogP contribution in [0.2, 0.25) is 0 Å². The van der Waals surface area contributed by atoms with Crippen molar-refractivity contribution in [3.05, 3.63) is 70.1 Å². The van der Waals surface area contributed by atoms with Gasteiger partial charge < -0.3 is 19.2 Å². The average Bonchev–Trinajstić information content (AvgIpc) is 3.05. The molecule has 152 valence electrons. The lowest BCUT2D eigenvalue weighted by Crippen LogP contribution is -2.25. The highest BCUT2D eigenvalue weighted by molar-refractivity contribution is 5.93. The molecule has 4 rings (SSSR count). The highest BCUT2D eigenvalue weighted by Crippen LogP contribution is 2.41. The number of fused-ring (bicyclic) bond motifs is 2. The lowest BCUT2D eigenvalue weighted by atomic mass is 10.0. The number of rotatable bonds is 4. The summed E-state index contributed by atoms with van der Waals surface area (Å²) in [6.45, 7) is 4.35. The lowest BCUT2D eigenvalue weighted by molar-refractivity contribution is 0.0931. The summed E-state index contributed by atoms with van der Waals surface area (Å²) in [7, 11) is 0. The third-order valence-corrected chi connectivity index (χ3v) is 4.68. The number of amides is 1. The first-order chi connectivity index (χ1) is 14.4. The van der Waals surface area contributed by atoms with E-state index in [-0.39, 0.29) is 29.9 Å². The van der Waals surface area contributed by atoms with Crippen LogP contribution in [-0.4, -0.2) is 24.7 Å². The largest absolute Gasteiger partial charge is 0.483 e. The SMILES string of the molecule is CC1(C)Cc2cccc(OCC#CCNC(=O)c3cc(=O)c4ccccc4o3)c2O1. The van der Waals surface area contributed by atoms with E-state index in [0.717, 1.165) is 17.7 Å². The van der Waals surface area contributed by atoms with Gasteiger partial charge in [-0.05, 0) is 32.0 Å². The van der Waals surface area contributed by atoms with Crippen molar-refractivity contribution in [3.63, 3.8) is 0 Å². The first kappa shape index (κ1) is 19.6. The van der Waals surface area contributed by atoms with E-state index >= 15 is 0 Å². The van der Waals surface area contributed by atoms with Crippen LogP contribution in [-0.2, 0) is 6.42 Å². The maximum absolute atomic E-state index is 12.2. The van der Waals surface area contributed by atoms with Gasteiger partial charge in [0.05, 0.1) is 11.9 Å². The van der Waals surface area contributed by atoms with Crippen LogP contribution < -0.4 is 20.2 Å². The first-order valence-corrected chi connectivity index (χ1v) is 9.63. The molecule has 3 aromatic rings. The molecular weight excluding hydrogens is 382 g/mol. The molecule has 0 spiro atoms. The van der Waals surface area contributed by atoms with Gasteiger partial charge in [0, 0.05) is 18.1 Å². The van der Waals surface area contributed by atoms with Gasteiger partial charge in [-0.1, -0.05) is 36.1 Å². The molecule has 0 atom stereocenters. The second-order valence-electron chi connectivity index (χ2n) is 7.58. The molecule has 0 aliphatic carbocycles. The Hall–Kier alpha value is -3.72. The molecule has 30 heavy (non-hydrogen) atoms. The van der Waals surface area contributed by atoms with Crippen LogP contribution in [0.5, 0.6) is 11.5 Å². The zero-order chi connectivity index (χ0) is 21.1. The molecule has 6 heteroatoms. The van der Waals surface area contributed by atoms with Crippen molar-refractivity contribution in [1.82, 2.24) is 5.32 Å². The normalized spacial score (nSPS) is 13.7. The minimum Gasteiger partial charge on any atom is -0.483 e. The van der Waals surface area contributed by atoms with Crippen LogP contribution in [0.15, 0.2) is 57.7 Å². The number of para-hydroxylation sites is 2. The molecule has 2 aromatic carbocycles. The van der Waals surface area contributed by atoms with E-state index in [0.29, 0.717) is 16.7 Å². The molecule has 0 bridgehead atoms. The van der Waals surface area contributed by atoms with Crippen LogP contribution in [0.25, 0.3) is 11.0 Å². The highest BCUT2D eigenvalue weighted by Gasteiger charge is 2.32. The quantitative estimate of drug-likeness (QED) is 0.676. The van der Waals surface area contributed by atoms with Gasteiger partial charge in [-0.3, -0.25) is 9.59 Å². The van der Waals surface area contributed by atoms with Crippen molar-refractivity contribution in [2.24, 2.45) is 0 Å². The van der Waals surface area contributed by atoms with Crippen molar-refractivity contribution >= 4 is 16.9 Å². The van der Waals surface area contributed by atoms with Gasteiger partial charge in [0.1, 0.15) is 17.8 Å². The summed E-state index contributed by atoms with van der Waals surface area (Å²) < 4.78 is 17.2. The molecule has 1 aliphatic rings. The van der Waals surface area contributed by atoms with E-state index in [1.54, 1.807) is 24.3 Å². The maximum atomic E-state index is 12.2. The summed E-state index contributed by atoms with van der Waals surface area (Å²) in [5.74, 6) is 6.57. The van der Waals surface area contributed by atoms with Crippen molar-refractivity contribution in [3.8, 4) is 23.3 Å². The summed E-state index contributed by atoms with van der Waals surface area (Å²) in [6.07, 6.45) is 0.835. The Bertz CT molecular complexity index is 1230. The summed E-state index contributed by atoms with van der Waals surface area (Å²) in [5.41, 5.74) is 0.988. The summed E-state index contributed by atoms with van der Waals surface area (Å²) in [6, 6.07) is 13.8. The maximum Gasteiger partial charge on any atom is 0.287 e. The van der Waals surface area contributed by atoms with E-state index in [1.165, 1.54) is 6.07 Å². The smallest absolute Gasteiger partial charge is 0.287 e. The Labute approximate surface area is 173 Å².